The molecule has 4 aromatic rings. The molecule has 0 aliphatic carbocycles. The maximum atomic E-state index is 13.7. The number of benzene rings is 3. The molecule has 0 spiro atoms. The van der Waals surface area contributed by atoms with Crippen molar-refractivity contribution < 1.29 is 13.9 Å². The Bertz CT molecular complexity index is 1470. The van der Waals surface area contributed by atoms with Gasteiger partial charge in [-0.25, -0.2) is 0 Å². The molecule has 1 aliphatic heterocycles. The van der Waals surface area contributed by atoms with Gasteiger partial charge in [0.1, 0.15) is 11.3 Å². The van der Waals surface area contributed by atoms with Crippen LogP contribution in [0.15, 0.2) is 69.9 Å². The molecule has 0 saturated heterocycles. The van der Waals surface area contributed by atoms with Gasteiger partial charge in [-0.05, 0) is 68.3 Å². The highest BCUT2D eigenvalue weighted by molar-refractivity contribution is 6.31. The van der Waals surface area contributed by atoms with Crippen LogP contribution in [0.3, 0.4) is 0 Å². The van der Waals surface area contributed by atoms with E-state index in [1.807, 2.05) is 63.2 Å². The number of halogens is 1. The highest BCUT2D eigenvalue weighted by Crippen LogP contribution is 2.42. The first-order chi connectivity index (χ1) is 15.9. The van der Waals surface area contributed by atoms with Crippen molar-refractivity contribution in [1.29, 1.82) is 0 Å². The van der Waals surface area contributed by atoms with Crippen molar-refractivity contribution in [3.8, 4) is 5.75 Å². The van der Waals surface area contributed by atoms with Crippen LogP contribution >= 0.6 is 11.6 Å². The lowest BCUT2D eigenvalue weighted by Gasteiger charge is -2.26. The highest BCUT2D eigenvalue weighted by Gasteiger charge is 2.43. The summed E-state index contributed by atoms with van der Waals surface area (Å²) in [5.41, 5.74) is 3.69. The first-order valence-electron chi connectivity index (χ1n) is 10.8. The third kappa shape index (κ3) is 3.49. The van der Waals surface area contributed by atoms with E-state index in [4.69, 9.17) is 20.8 Å². The average Bonchev–Trinajstić information content (AvgIpc) is 3.09. The SMILES string of the molecule is CCOc1cccc(C2c3c(oc4ccc(C)cc4c3=O)C(=O)N2c2ccc(C)c(Cl)c2)c1. The van der Waals surface area contributed by atoms with E-state index in [1.165, 1.54) is 0 Å². The predicted octanol–water partition coefficient (Wildman–Crippen LogP) is 6.21. The van der Waals surface area contributed by atoms with Gasteiger partial charge < -0.3 is 9.15 Å². The maximum absolute atomic E-state index is 13.7. The molecule has 1 aromatic heterocycles. The molecule has 1 aliphatic rings. The number of hydrogen-bond donors (Lipinski definition) is 0. The Balaban J connectivity index is 1.80. The first-order valence-corrected chi connectivity index (χ1v) is 11.2. The summed E-state index contributed by atoms with van der Waals surface area (Å²) in [4.78, 5) is 29.0. The number of aryl methyl sites for hydroxylation is 2. The lowest BCUT2D eigenvalue weighted by molar-refractivity contribution is 0.0971. The predicted molar refractivity (Wildman–Crippen MR) is 130 cm³/mol. The van der Waals surface area contributed by atoms with E-state index in [-0.39, 0.29) is 17.1 Å². The summed E-state index contributed by atoms with van der Waals surface area (Å²) in [5, 5.41) is 0.995. The fourth-order valence-electron chi connectivity index (χ4n) is 4.34. The van der Waals surface area contributed by atoms with Crippen LogP contribution in [0.1, 0.15) is 45.8 Å². The number of rotatable bonds is 4. The Kier molecular flexibility index (Phi) is 5.22. The zero-order chi connectivity index (χ0) is 23.3. The highest BCUT2D eigenvalue weighted by atomic mass is 35.5. The topological polar surface area (TPSA) is 59.8 Å². The number of amides is 1. The standard InChI is InChI=1S/C27H22ClNO4/c1-4-32-19-7-5-6-17(13-19)24-23-25(30)20-12-15(2)8-11-22(20)33-26(23)27(31)29(24)18-10-9-16(3)21(28)14-18/h5-14,24H,4H2,1-3H3. The molecular weight excluding hydrogens is 438 g/mol. The molecule has 1 amide bonds. The van der Waals surface area contributed by atoms with Crippen molar-refractivity contribution in [1.82, 2.24) is 0 Å². The van der Waals surface area contributed by atoms with Gasteiger partial charge in [0.05, 0.1) is 23.6 Å². The number of carbonyl (C=O) groups excluding carboxylic acids is 1. The molecule has 0 radical (unpaired) electrons. The van der Waals surface area contributed by atoms with E-state index in [0.717, 1.165) is 16.7 Å². The van der Waals surface area contributed by atoms with E-state index in [2.05, 4.69) is 0 Å². The normalized spacial score (nSPS) is 15.2. The summed E-state index contributed by atoms with van der Waals surface area (Å²) >= 11 is 6.40. The third-order valence-corrected chi connectivity index (χ3v) is 6.35. The monoisotopic (exact) mass is 459 g/mol. The summed E-state index contributed by atoms with van der Waals surface area (Å²) in [5.74, 6) is 0.343. The number of nitrogens with zero attached hydrogens (tertiary/aromatic N) is 1. The largest absolute Gasteiger partial charge is 0.494 e. The molecule has 3 aromatic carbocycles. The summed E-state index contributed by atoms with van der Waals surface area (Å²) in [6.07, 6.45) is 0. The van der Waals surface area contributed by atoms with Crippen molar-refractivity contribution in [3.63, 3.8) is 0 Å². The smallest absolute Gasteiger partial charge is 0.295 e. The van der Waals surface area contributed by atoms with Crippen molar-refractivity contribution in [2.75, 3.05) is 11.5 Å². The van der Waals surface area contributed by atoms with Crippen molar-refractivity contribution in [2.24, 2.45) is 0 Å². The third-order valence-electron chi connectivity index (χ3n) is 5.94. The average molecular weight is 460 g/mol. The van der Waals surface area contributed by atoms with Crippen LogP contribution in [0.25, 0.3) is 11.0 Å². The number of hydrogen-bond acceptors (Lipinski definition) is 4. The fraction of sp³-hybridized carbons (Fsp3) is 0.185. The van der Waals surface area contributed by atoms with E-state index in [1.54, 1.807) is 23.1 Å². The summed E-state index contributed by atoms with van der Waals surface area (Å²) in [6.45, 7) is 6.23. The number of ether oxygens (including phenoxy) is 1. The Morgan fingerprint density at radius 2 is 1.85 bits per heavy atom. The zero-order valence-corrected chi connectivity index (χ0v) is 19.3. The molecule has 33 heavy (non-hydrogen) atoms. The molecule has 5 rings (SSSR count). The second-order valence-electron chi connectivity index (χ2n) is 8.19. The van der Waals surface area contributed by atoms with Gasteiger partial charge in [-0.2, -0.15) is 0 Å². The van der Waals surface area contributed by atoms with Crippen molar-refractivity contribution >= 4 is 34.2 Å². The quantitative estimate of drug-likeness (QED) is 0.364. The van der Waals surface area contributed by atoms with Crippen LogP contribution in [-0.2, 0) is 0 Å². The fourth-order valence-corrected chi connectivity index (χ4v) is 4.52. The van der Waals surface area contributed by atoms with Crippen LogP contribution in [0, 0.1) is 13.8 Å². The molecule has 0 bridgehead atoms. The Morgan fingerprint density at radius 1 is 1.03 bits per heavy atom. The number of carbonyl (C=O) groups is 1. The van der Waals surface area contributed by atoms with Gasteiger partial charge in [0.15, 0.2) is 5.43 Å². The van der Waals surface area contributed by atoms with Crippen LogP contribution in [0.2, 0.25) is 5.02 Å². The molecule has 5 nitrogen and oxygen atoms in total. The van der Waals surface area contributed by atoms with E-state index in [0.29, 0.717) is 39.6 Å². The second kappa shape index (κ2) is 8.09. The van der Waals surface area contributed by atoms with E-state index >= 15 is 0 Å². The van der Waals surface area contributed by atoms with E-state index in [9.17, 15) is 9.59 Å². The van der Waals surface area contributed by atoms with Gasteiger partial charge >= 0.3 is 0 Å². The van der Waals surface area contributed by atoms with Gasteiger partial charge in [0, 0.05) is 10.7 Å². The van der Waals surface area contributed by atoms with Crippen molar-refractivity contribution in [3.05, 3.63) is 104 Å². The van der Waals surface area contributed by atoms with Gasteiger partial charge in [-0.1, -0.05) is 41.4 Å². The lowest BCUT2D eigenvalue weighted by Crippen LogP contribution is -2.29. The molecule has 2 heterocycles. The number of fused-ring (bicyclic) bond motifs is 2. The molecule has 0 fully saturated rings. The van der Waals surface area contributed by atoms with Crippen molar-refractivity contribution in [2.45, 2.75) is 26.8 Å². The van der Waals surface area contributed by atoms with Gasteiger partial charge in [0.2, 0.25) is 5.76 Å². The summed E-state index contributed by atoms with van der Waals surface area (Å²) in [6, 6.07) is 17.6. The second-order valence-corrected chi connectivity index (χ2v) is 8.60. The van der Waals surface area contributed by atoms with E-state index < -0.39 is 6.04 Å². The van der Waals surface area contributed by atoms with Crippen LogP contribution < -0.4 is 15.1 Å². The first kappa shape index (κ1) is 21.3. The van der Waals surface area contributed by atoms with Gasteiger partial charge in [-0.15, -0.1) is 0 Å². The Hall–Kier alpha value is -3.57. The van der Waals surface area contributed by atoms with Crippen LogP contribution in [0.4, 0.5) is 5.69 Å². The summed E-state index contributed by atoms with van der Waals surface area (Å²) < 4.78 is 11.7. The molecule has 166 valence electrons. The minimum Gasteiger partial charge on any atom is -0.494 e. The summed E-state index contributed by atoms with van der Waals surface area (Å²) in [7, 11) is 0. The molecular formula is C27H22ClNO4. The molecule has 0 N–H and O–H groups in total. The molecule has 0 saturated carbocycles. The minimum absolute atomic E-state index is 0.0554. The van der Waals surface area contributed by atoms with Gasteiger partial charge in [0.25, 0.3) is 5.91 Å². The van der Waals surface area contributed by atoms with Crippen LogP contribution in [-0.4, -0.2) is 12.5 Å². The zero-order valence-electron chi connectivity index (χ0n) is 18.5. The Labute approximate surface area is 196 Å². The number of anilines is 1. The lowest BCUT2D eigenvalue weighted by atomic mass is 9.97. The van der Waals surface area contributed by atoms with Gasteiger partial charge in [-0.3, -0.25) is 14.5 Å². The molecule has 6 heteroatoms. The Morgan fingerprint density at radius 3 is 2.61 bits per heavy atom. The maximum Gasteiger partial charge on any atom is 0.295 e. The minimum atomic E-state index is -0.673. The molecule has 1 unspecified atom stereocenters. The molecule has 1 atom stereocenters. The van der Waals surface area contributed by atoms with Crippen LogP contribution in [0.5, 0.6) is 5.75 Å².